The first kappa shape index (κ1) is 5.53. The Balaban J connectivity index is 3.23. The number of hydrogen-bond donors (Lipinski definition) is 2. The zero-order valence-electron chi connectivity index (χ0n) is 2.12. The molecule has 0 radical (unpaired) electrons. The van der Waals surface area contributed by atoms with E-state index in [1.54, 1.807) is 18.5 Å². The van der Waals surface area contributed by atoms with Crippen LogP contribution in [0.5, 0.6) is 0 Å². The van der Waals surface area contributed by atoms with Crippen LogP contribution in [0.4, 0.5) is 0 Å². The first-order chi connectivity index (χ1) is 2.27. The molecular formula is H2NO2RuS. The van der Waals surface area contributed by atoms with Crippen LogP contribution in [0.1, 0.15) is 0 Å². The fourth-order valence-corrected chi connectivity index (χ4v) is 0. The van der Waals surface area contributed by atoms with E-state index in [0.717, 1.165) is 0 Å². The fraction of sp³-hybridized carbons (Fsp3) is 0. The van der Waals surface area contributed by atoms with E-state index in [1.807, 2.05) is 3.46 Å². The average molecular weight is 181 g/mol. The summed E-state index contributed by atoms with van der Waals surface area (Å²) in [6.07, 6.45) is 0. The Bertz CT molecular complexity index is 67.7. The number of nitrogens with one attached hydrogen (secondary N) is 1. The summed E-state index contributed by atoms with van der Waals surface area (Å²) >= 11 is 1.77. The molecule has 0 fully saturated rings. The van der Waals surface area contributed by atoms with Gasteiger partial charge in [-0.25, -0.2) is 0 Å². The van der Waals surface area contributed by atoms with Crippen LogP contribution in [-0.4, -0.2) is 8.42 Å². The molecule has 0 aliphatic rings. The van der Waals surface area contributed by atoms with Crippen LogP contribution < -0.4 is 3.46 Å². The first-order valence-electron chi connectivity index (χ1n) is 0.766. The van der Waals surface area contributed by atoms with Crippen molar-refractivity contribution in [3.05, 3.63) is 0 Å². The molecule has 0 aliphatic heterocycles. The quantitative estimate of drug-likeness (QED) is 0.384. The van der Waals surface area contributed by atoms with Crippen molar-refractivity contribution in [1.82, 2.24) is 3.46 Å². The van der Waals surface area contributed by atoms with Gasteiger partial charge in [0.25, 0.3) is 0 Å². The second kappa shape index (κ2) is 2.75. The summed E-state index contributed by atoms with van der Waals surface area (Å²) in [5.74, 6) is 0. The van der Waals surface area contributed by atoms with E-state index < -0.39 is 10.9 Å². The average Bonchev–Trinajstić information content (AvgIpc) is 1.38. The normalized spacial score (nSPS) is 9.20. The van der Waals surface area contributed by atoms with E-state index in [4.69, 9.17) is 0 Å². The Labute approximate surface area is 41.8 Å². The molecule has 3 nitrogen and oxygen atoms in total. The van der Waals surface area contributed by atoms with E-state index in [-0.39, 0.29) is 0 Å². The van der Waals surface area contributed by atoms with Crippen molar-refractivity contribution < 1.29 is 27.0 Å². The van der Waals surface area contributed by atoms with Gasteiger partial charge in [0.2, 0.25) is 0 Å². The van der Waals surface area contributed by atoms with Gasteiger partial charge in [-0.15, -0.1) is 0 Å². The van der Waals surface area contributed by atoms with Crippen molar-refractivity contribution in [2.75, 3.05) is 0 Å². The van der Waals surface area contributed by atoms with Gasteiger partial charge in [0.15, 0.2) is 0 Å². The SMILES string of the molecule is O=[SH](=O)[NH][Ru]. The molecule has 0 atom stereocenters. The minimum atomic E-state index is -2.38. The van der Waals surface area contributed by atoms with Gasteiger partial charge in [0.05, 0.1) is 0 Å². The molecule has 1 N–H and O–H groups in total. The van der Waals surface area contributed by atoms with Crippen molar-refractivity contribution >= 4 is 10.9 Å². The maximum absolute atomic E-state index is 9.28. The van der Waals surface area contributed by atoms with Gasteiger partial charge in [0.1, 0.15) is 0 Å². The topological polar surface area (TPSA) is 46.2 Å². The van der Waals surface area contributed by atoms with Crippen LogP contribution in [0.25, 0.3) is 0 Å². The summed E-state index contributed by atoms with van der Waals surface area (Å²) in [5, 5.41) is 0. The molecule has 0 bridgehead atoms. The fourth-order valence-electron chi connectivity index (χ4n) is 0. The molecule has 0 aliphatic carbocycles. The molecule has 33 valence electrons. The zero-order valence-corrected chi connectivity index (χ0v) is 4.75. The Morgan fingerprint density at radius 3 is 1.80 bits per heavy atom. The monoisotopic (exact) mass is 182 g/mol. The van der Waals surface area contributed by atoms with Crippen LogP contribution >= 0.6 is 0 Å². The summed E-state index contributed by atoms with van der Waals surface area (Å²) in [7, 11) is -2.38. The maximum atomic E-state index is 9.28. The van der Waals surface area contributed by atoms with Crippen molar-refractivity contribution in [2.45, 2.75) is 0 Å². The van der Waals surface area contributed by atoms with Gasteiger partial charge < -0.3 is 0 Å². The van der Waals surface area contributed by atoms with Crippen LogP contribution in [0.15, 0.2) is 0 Å². The Kier molecular flexibility index (Phi) is 3.05. The van der Waals surface area contributed by atoms with E-state index in [9.17, 15) is 8.42 Å². The minimum absolute atomic E-state index is 1.77. The summed E-state index contributed by atoms with van der Waals surface area (Å²) in [6.45, 7) is 0. The number of rotatable bonds is 1. The summed E-state index contributed by atoms with van der Waals surface area (Å²) in [4.78, 5) is 0. The molecular weight excluding hydrogens is 179 g/mol. The molecule has 0 unspecified atom stereocenters. The van der Waals surface area contributed by atoms with Crippen LogP contribution in [-0.2, 0) is 29.4 Å². The third-order valence-electron chi connectivity index (χ3n) is 0.0645. The Morgan fingerprint density at radius 1 is 1.60 bits per heavy atom. The molecule has 0 aromatic heterocycles. The molecule has 0 aromatic rings. The Hall–Kier alpha value is 0.533. The van der Waals surface area contributed by atoms with Gasteiger partial charge in [-0.3, -0.25) is 0 Å². The van der Waals surface area contributed by atoms with Crippen molar-refractivity contribution in [2.24, 2.45) is 0 Å². The van der Waals surface area contributed by atoms with Crippen LogP contribution in [0, 0.1) is 0 Å². The standard InChI is InChI=1S/H2NO2S.Ru/c1-4(2)3;/h4H,(H-,1,2,3);/q-1;+1. The summed E-state index contributed by atoms with van der Waals surface area (Å²) in [5.41, 5.74) is 0. The molecule has 5 heavy (non-hydrogen) atoms. The van der Waals surface area contributed by atoms with Crippen molar-refractivity contribution in [1.29, 1.82) is 0 Å². The first-order valence-corrected chi connectivity index (χ1v) is 2.81. The summed E-state index contributed by atoms with van der Waals surface area (Å²) < 4.78 is 20.5. The summed E-state index contributed by atoms with van der Waals surface area (Å²) in [6, 6.07) is 0. The van der Waals surface area contributed by atoms with Crippen LogP contribution in [0.3, 0.4) is 0 Å². The van der Waals surface area contributed by atoms with Gasteiger partial charge in [0, 0.05) is 0 Å². The molecule has 0 spiro atoms. The van der Waals surface area contributed by atoms with E-state index in [0.29, 0.717) is 0 Å². The third kappa shape index (κ3) is 4.53. The Morgan fingerprint density at radius 2 is 1.80 bits per heavy atom. The second-order valence-corrected chi connectivity index (χ2v) is 2.17. The number of thiol groups is 1. The number of hydrogen-bond acceptors (Lipinski definition) is 2. The zero-order chi connectivity index (χ0) is 4.28. The predicted molar refractivity (Wildman–Crippen MR) is 13.5 cm³/mol. The molecule has 0 amide bonds. The predicted octanol–water partition coefficient (Wildman–Crippen LogP) is -1.44. The molecule has 0 heterocycles. The van der Waals surface area contributed by atoms with Crippen molar-refractivity contribution in [3.63, 3.8) is 0 Å². The molecule has 5 heteroatoms. The van der Waals surface area contributed by atoms with Crippen LogP contribution in [0.2, 0.25) is 0 Å². The van der Waals surface area contributed by atoms with E-state index in [1.165, 1.54) is 0 Å². The third-order valence-corrected chi connectivity index (χ3v) is 1.15. The molecule has 0 saturated heterocycles. The van der Waals surface area contributed by atoms with Gasteiger partial charge in [-0.2, -0.15) is 0 Å². The molecule has 0 aromatic carbocycles. The van der Waals surface area contributed by atoms with E-state index in [2.05, 4.69) is 0 Å². The molecule has 0 rings (SSSR count). The van der Waals surface area contributed by atoms with Gasteiger partial charge in [-0.1, -0.05) is 0 Å². The van der Waals surface area contributed by atoms with E-state index >= 15 is 0 Å². The molecule has 0 saturated carbocycles. The second-order valence-electron chi connectivity index (χ2n) is 0.336. The van der Waals surface area contributed by atoms with Gasteiger partial charge >= 0.3 is 41.3 Å². The van der Waals surface area contributed by atoms with Crippen molar-refractivity contribution in [3.8, 4) is 0 Å². The van der Waals surface area contributed by atoms with Gasteiger partial charge in [-0.05, 0) is 0 Å².